The van der Waals surface area contributed by atoms with E-state index in [-0.39, 0.29) is 0 Å². The fourth-order valence-corrected chi connectivity index (χ4v) is 4.38. The van der Waals surface area contributed by atoms with Crippen LogP contribution in [0.2, 0.25) is 0 Å². The van der Waals surface area contributed by atoms with E-state index in [9.17, 15) is 0 Å². The molecule has 1 aromatic carbocycles. The number of aromatic nitrogens is 2. The molecule has 0 radical (unpaired) electrons. The zero-order valence-corrected chi connectivity index (χ0v) is 15.6. The summed E-state index contributed by atoms with van der Waals surface area (Å²) in [4.78, 5) is 9.48. The average Bonchev–Trinajstić information content (AvgIpc) is 3.19. The van der Waals surface area contributed by atoms with Gasteiger partial charge in [0.05, 0.1) is 13.2 Å². The Labute approximate surface area is 160 Å². The van der Waals surface area contributed by atoms with Crippen molar-refractivity contribution < 1.29 is 4.74 Å². The minimum absolute atomic E-state index is 0.589. The van der Waals surface area contributed by atoms with Gasteiger partial charge in [-0.05, 0) is 49.2 Å². The molecule has 5 nitrogen and oxygen atoms in total. The molecule has 27 heavy (non-hydrogen) atoms. The minimum Gasteiger partial charge on any atom is -0.378 e. The predicted molar refractivity (Wildman–Crippen MR) is 109 cm³/mol. The summed E-state index contributed by atoms with van der Waals surface area (Å²) in [6, 6.07) is 15.3. The second kappa shape index (κ2) is 7.24. The number of morpholine rings is 1. The topological polar surface area (TPSA) is 33.0 Å². The van der Waals surface area contributed by atoms with Gasteiger partial charge < -0.3 is 18.9 Å². The first kappa shape index (κ1) is 16.6. The fraction of sp³-hybridized carbons (Fsp3) is 0.409. The van der Waals surface area contributed by atoms with Crippen LogP contribution in [-0.4, -0.2) is 48.8 Å². The molecule has 2 fully saturated rings. The van der Waals surface area contributed by atoms with Gasteiger partial charge in [-0.2, -0.15) is 0 Å². The van der Waals surface area contributed by atoms with Crippen LogP contribution in [0.15, 0.2) is 54.9 Å². The smallest absolute Gasteiger partial charge is 0.136 e. The molecule has 3 aromatic rings. The van der Waals surface area contributed by atoms with E-state index in [1.807, 2.05) is 0 Å². The lowest BCUT2D eigenvalue weighted by Gasteiger charge is -2.34. The number of anilines is 2. The van der Waals surface area contributed by atoms with Gasteiger partial charge in [0.1, 0.15) is 5.65 Å². The number of pyridine rings is 1. The summed E-state index contributed by atoms with van der Waals surface area (Å²) < 4.78 is 7.70. The van der Waals surface area contributed by atoms with E-state index in [1.165, 1.54) is 29.9 Å². The second-order valence-electron chi connectivity index (χ2n) is 7.49. The van der Waals surface area contributed by atoms with Crippen molar-refractivity contribution in [2.75, 3.05) is 49.2 Å². The van der Waals surface area contributed by atoms with Crippen LogP contribution < -0.4 is 9.80 Å². The molecule has 5 heteroatoms. The average molecular weight is 362 g/mol. The Bertz CT molecular complexity index is 890. The van der Waals surface area contributed by atoms with E-state index in [4.69, 9.17) is 4.74 Å². The Morgan fingerprint density at radius 3 is 2.19 bits per heavy atom. The molecule has 4 heterocycles. The Balaban J connectivity index is 1.25. The minimum atomic E-state index is 0.589. The summed E-state index contributed by atoms with van der Waals surface area (Å²) in [6.45, 7) is 5.84. The highest BCUT2D eigenvalue weighted by Gasteiger charge is 2.23. The van der Waals surface area contributed by atoms with E-state index < -0.39 is 0 Å². The van der Waals surface area contributed by atoms with Crippen LogP contribution in [0.25, 0.3) is 5.65 Å². The van der Waals surface area contributed by atoms with Gasteiger partial charge in [-0.1, -0.05) is 6.07 Å². The first-order chi connectivity index (χ1) is 13.4. The number of ether oxygens (including phenoxy) is 1. The van der Waals surface area contributed by atoms with Gasteiger partial charge in [0.25, 0.3) is 0 Å². The van der Waals surface area contributed by atoms with Crippen LogP contribution in [-0.2, 0) is 4.74 Å². The third-order valence-electron chi connectivity index (χ3n) is 5.95. The molecule has 0 amide bonds. The van der Waals surface area contributed by atoms with Crippen molar-refractivity contribution in [1.29, 1.82) is 0 Å². The summed E-state index contributed by atoms with van der Waals surface area (Å²) in [5, 5.41) is 0. The van der Waals surface area contributed by atoms with Gasteiger partial charge in [0, 0.05) is 61.6 Å². The third-order valence-corrected chi connectivity index (χ3v) is 5.95. The van der Waals surface area contributed by atoms with Gasteiger partial charge in [0.15, 0.2) is 0 Å². The van der Waals surface area contributed by atoms with E-state index in [0.717, 1.165) is 45.0 Å². The van der Waals surface area contributed by atoms with Crippen LogP contribution in [0.1, 0.15) is 24.5 Å². The molecule has 0 unspecified atom stereocenters. The molecule has 0 N–H and O–H groups in total. The van der Waals surface area contributed by atoms with Gasteiger partial charge in [-0.3, -0.25) is 0 Å². The summed E-state index contributed by atoms with van der Waals surface area (Å²) in [5.41, 5.74) is 5.05. The quantitative estimate of drug-likeness (QED) is 0.713. The SMILES string of the molecule is c1ccn2c(C3CCN(c4ccc(N5CCOCC5)cc4)CC3)cnc2c1. The van der Waals surface area contributed by atoms with Crippen LogP contribution in [0.4, 0.5) is 11.4 Å². The normalized spacial score (nSPS) is 19.0. The summed E-state index contributed by atoms with van der Waals surface area (Å²) in [7, 11) is 0. The number of hydrogen-bond acceptors (Lipinski definition) is 4. The Morgan fingerprint density at radius 1 is 0.815 bits per heavy atom. The third kappa shape index (κ3) is 3.28. The van der Waals surface area contributed by atoms with Gasteiger partial charge >= 0.3 is 0 Å². The summed E-state index contributed by atoms with van der Waals surface area (Å²) in [6.07, 6.45) is 6.54. The highest BCUT2D eigenvalue weighted by molar-refractivity contribution is 5.57. The molecule has 140 valence electrons. The van der Waals surface area contributed by atoms with Crippen LogP contribution in [0.5, 0.6) is 0 Å². The lowest BCUT2D eigenvalue weighted by molar-refractivity contribution is 0.122. The Morgan fingerprint density at radius 2 is 1.48 bits per heavy atom. The van der Waals surface area contributed by atoms with Gasteiger partial charge in [0.2, 0.25) is 0 Å². The first-order valence-corrected chi connectivity index (χ1v) is 9.98. The molecular weight excluding hydrogens is 336 g/mol. The maximum atomic E-state index is 5.45. The monoisotopic (exact) mass is 362 g/mol. The summed E-state index contributed by atoms with van der Waals surface area (Å²) in [5.74, 6) is 0.589. The zero-order valence-electron chi connectivity index (χ0n) is 15.6. The van der Waals surface area contributed by atoms with Crippen molar-refractivity contribution in [3.63, 3.8) is 0 Å². The van der Waals surface area contributed by atoms with Gasteiger partial charge in [-0.15, -0.1) is 0 Å². The molecule has 2 aromatic heterocycles. The van der Waals surface area contributed by atoms with E-state index >= 15 is 0 Å². The van der Waals surface area contributed by atoms with Gasteiger partial charge in [-0.25, -0.2) is 4.98 Å². The van der Waals surface area contributed by atoms with Crippen molar-refractivity contribution in [2.24, 2.45) is 0 Å². The molecule has 0 bridgehead atoms. The van der Waals surface area contributed by atoms with Crippen molar-refractivity contribution >= 4 is 17.0 Å². The van der Waals surface area contributed by atoms with E-state index in [0.29, 0.717) is 5.92 Å². The fourth-order valence-electron chi connectivity index (χ4n) is 4.38. The molecule has 0 atom stereocenters. The molecule has 2 aliphatic rings. The zero-order chi connectivity index (χ0) is 18.1. The molecule has 0 saturated carbocycles. The second-order valence-corrected chi connectivity index (χ2v) is 7.49. The molecule has 0 spiro atoms. The molecule has 2 aliphatic heterocycles. The van der Waals surface area contributed by atoms with Crippen molar-refractivity contribution in [2.45, 2.75) is 18.8 Å². The molecule has 2 saturated heterocycles. The molecular formula is C22H26N4O. The number of piperidine rings is 1. The van der Waals surface area contributed by atoms with Crippen LogP contribution >= 0.6 is 0 Å². The largest absolute Gasteiger partial charge is 0.378 e. The van der Waals surface area contributed by atoms with E-state index in [2.05, 4.69) is 74.0 Å². The van der Waals surface area contributed by atoms with Crippen molar-refractivity contribution in [3.05, 3.63) is 60.6 Å². The number of hydrogen-bond donors (Lipinski definition) is 0. The Kier molecular flexibility index (Phi) is 4.46. The lowest BCUT2D eigenvalue weighted by atomic mass is 9.93. The number of nitrogens with zero attached hydrogens (tertiary/aromatic N) is 4. The maximum Gasteiger partial charge on any atom is 0.136 e. The standard InChI is InChI=1S/C22H26N4O/c1-2-10-26-21(17-23-22(26)3-1)18-8-11-24(12-9-18)19-4-6-20(7-5-19)25-13-15-27-16-14-25/h1-7,10,17-18H,8-9,11-16H2. The molecule has 0 aliphatic carbocycles. The van der Waals surface area contributed by atoms with Crippen LogP contribution in [0, 0.1) is 0 Å². The number of benzene rings is 1. The van der Waals surface area contributed by atoms with Crippen molar-refractivity contribution in [3.8, 4) is 0 Å². The highest BCUT2D eigenvalue weighted by atomic mass is 16.5. The maximum absolute atomic E-state index is 5.45. The molecule has 5 rings (SSSR count). The lowest BCUT2D eigenvalue weighted by Crippen LogP contribution is -2.36. The Hall–Kier alpha value is -2.53. The number of imidazole rings is 1. The number of rotatable bonds is 3. The summed E-state index contributed by atoms with van der Waals surface area (Å²) >= 11 is 0. The van der Waals surface area contributed by atoms with E-state index in [1.54, 1.807) is 0 Å². The highest BCUT2D eigenvalue weighted by Crippen LogP contribution is 2.31. The van der Waals surface area contributed by atoms with Crippen LogP contribution in [0.3, 0.4) is 0 Å². The number of fused-ring (bicyclic) bond motifs is 1. The first-order valence-electron chi connectivity index (χ1n) is 9.98. The predicted octanol–water partition coefficient (Wildman–Crippen LogP) is 3.55. The van der Waals surface area contributed by atoms with Crippen molar-refractivity contribution in [1.82, 2.24) is 9.38 Å².